The third-order valence-electron chi connectivity index (χ3n) is 3.96. The number of benzene rings is 2. The molecular weight excluding hydrogens is 332 g/mol. The first-order valence-electron chi connectivity index (χ1n) is 7.26. The average molecular weight is 348 g/mol. The van der Waals surface area contributed by atoms with Crippen LogP contribution in [-0.2, 0) is 0 Å². The Labute approximate surface area is 141 Å². The Morgan fingerprint density at radius 3 is 1.44 bits per heavy atom. The molecule has 0 aromatic heterocycles. The van der Waals surface area contributed by atoms with Gasteiger partial charge in [-0.05, 0) is 18.6 Å². The molecule has 2 rings (SSSR count). The highest BCUT2D eigenvalue weighted by atomic mass is 16.4. The molecule has 0 spiro atoms. The van der Waals surface area contributed by atoms with Gasteiger partial charge < -0.3 is 30.6 Å². The van der Waals surface area contributed by atoms with Crippen LogP contribution in [-0.4, -0.2) is 42.6 Å². The summed E-state index contributed by atoms with van der Waals surface area (Å²) in [7, 11) is 0. The molecule has 0 bridgehead atoms. The Bertz CT molecular complexity index is 787. The monoisotopic (exact) mass is 348 g/mol. The Morgan fingerprint density at radius 2 is 1.16 bits per heavy atom. The zero-order chi connectivity index (χ0) is 18.9. The van der Waals surface area contributed by atoms with Crippen LogP contribution in [0, 0.1) is 0 Å². The molecule has 2 aromatic rings. The van der Waals surface area contributed by atoms with Crippen LogP contribution in [0.4, 0.5) is 0 Å². The van der Waals surface area contributed by atoms with Gasteiger partial charge in [0.1, 0.15) is 34.1 Å². The van der Waals surface area contributed by atoms with Gasteiger partial charge in [-0.3, -0.25) is 0 Å². The zero-order valence-corrected chi connectivity index (χ0v) is 13.1. The molecule has 0 unspecified atom stereocenters. The molecule has 0 saturated carbocycles. The number of carbonyl (C=O) groups is 2. The summed E-state index contributed by atoms with van der Waals surface area (Å²) in [6.07, 6.45) is 0.273. The van der Waals surface area contributed by atoms with Gasteiger partial charge in [-0.1, -0.05) is 19.1 Å². The van der Waals surface area contributed by atoms with Gasteiger partial charge in [0.2, 0.25) is 0 Å². The van der Waals surface area contributed by atoms with Crippen LogP contribution in [0.5, 0.6) is 23.0 Å². The molecule has 0 amide bonds. The second-order valence-electron chi connectivity index (χ2n) is 5.37. The number of phenols is 4. The molecule has 0 aliphatic carbocycles. The summed E-state index contributed by atoms with van der Waals surface area (Å²) in [5.74, 6) is -6.43. The summed E-state index contributed by atoms with van der Waals surface area (Å²) < 4.78 is 0. The molecule has 0 heterocycles. The van der Waals surface area contributed by atoms with Crippen LogP contribution in [0.25, 0.3) is 0 Å². The SMILES string of the molecule is CCC(c1ccc(O)c(C(=O)O)c1O)c1ccc(O)c(C(=O)O)c1O. The van der Waals surface area contributed by atoms with Crippen LogP contribution in [0.15, 0.2) is 24.3 Å². The zero-order valence-electron chi connectivity index (χ0n) is 13.1. The van der Waals surface area contributed by atoms with Crippen molar-refractivity contribution in [3.05, 3.63) is 46.5 Å². The lowest BCUT2D eigenvalue weighted by Gasteiger charge is -2.20. The van der Waals surface area contributed by atoms with E-state index in [1.807, 2.05) is 0 Å². The third kappa shape index (κ3) is 3.01. The van der Waals surface area contributed by atoms with Gasteiger partial charge in [0.25, 0.3) is 0 Å². The maximum Gasteiger partial charge on any atom is 0.343 e. The summed E-state index contributed by atoms with van der Waals surface area (Å²) >= 11 is 0. The normalized spacial score (nSPS) is 10.8. The maximum absolute atomic E-state index is 11.2. The number of carboxylic acids is 2. The lowest BCUT2D eigenvalue weighted by atomic mass is 9.85. The van der Waals surface area contributed by atoms with Gasteiger partial charge in [-0.15, -0.1) is 0 Å². The highest BCUT2D eigenvalue weighted by Gasteiger charge is 2.28. The minimum absolute atomic E-state index is 0.0926. The minimum atomic E-state index is -1.53. The summed E-state index contributed by atoms with van der Waals surface area (Å²) in [4.78, 5) is 22.4. The van der Waals surface area contributed by atoms with E-state index in [4.69, 9.17) is 10.2 Å². The van der Waals surface area contributed by atoms with Gasteiger partial charge in [-0.2, -0.15) is 0 Å². The topological polar surface area (TPSA) is 156 Å². The Kier molecular flexibility index (Phi) is 4.73. The van der Waals surface area contributed by atoms with E-state index in [0.29, 0.717) is 0 Å². The molecule has 8 nitrogen and oxygen atoms in total. The third-order valence-corrected chi connectivity index (χ3v) is 3.96. The highest BCUT2D eigenvalue weighted by Crippen LogP contribution is 2.43. The lowest BCUT2D eigenvalue weighted by molar-refractivity contribution is 0.0678. The summed E-state index contributed by atoms with van der Waals surface area (Å²) in [5.41, 5.74) is -1.19. The molecular formula is C17H16O8. The highest BCUT2D eigenvalue weighted by molar-refractivity contribution is 5.95. The molecule has 0 aliphatic rings. The van der Waals surface area contributed by atoms with E-state index in [9.17, 15) is 30.0 Å². The van der Waals surface area contributed by atoms with Crippen LogP contribution in [0.3, 0.4) is 0 Å². The number of hydrogen-bond acceptors (Lipinski definition) is 6. The van der Waals surface area contributed by atoms with E-state index in [-0.39, 0.29) is 17.5 Å². The van der Waals surface area contributed by atoms with Crippen molar-refractivity contribution in [1.82, 2.24) is 0 Å². The van der Waals surface area contributed by atoms with Crippen LogP contribution >= 0.6 is 0 Å². The molecule has 8 heteroatoms. The maximum atomic E-state index is 11.2. The molecule has 2 aromatic carbocycles. The summed E-state index contributed by atoms with van der Waals surface area (Å²) in [5, 5.41) is 58.0. The molecule has 0 saturated heterocycles. The van der Waals surface area contributed by atoms with Crippen molar-refractivity contribution in [2.24, 2.45) is 0 Å². The standard InChI is InChI=1S/C17H16O8/c1-2-7(8-3-5-10(18)12(14(8)20)16(22)23)9-4-6-11(19)13(15(9)21)17(24)25/h3-7,18-21H,2H2,1H3,(H,22,23)(H,24,25). The Balaban J connectivity index is 2.71. The van der Waals surface area contributed by atoms with E-state index in [1.54, 1.807) is 6.92 Å². The largest absolute Gasteiger partial charge is 0.507 e. The lowest BCUT2D eigenvalue weighted by Crippen LogP contribution is -2.07. The van der Waals surface area contributed by atoms with E-state index in [1.165, 1.54) is 12.1 Å². The average Bonchev–Trinajstić information content (AvgIpc) is 2.51. The van der Waals surface area contributed by atoms with Gasteiger partial charge >= 0.3 is 11.9 Å². The van der Waals surface area contributed by atoms with Gasteiger partial charge in [0, 0.05) is 17.0 Å². The van der Waals surface area contributed by atoms with Gasteiger partial charge in [-0.25, -0.2) is 9.59 Å². The first-order chi connectivity index (χ1) is 11.7. The fraction of sp³-hybridized carbons (Fsp3) is 0.176. The molecule has 6 N–H and O–H groups in total. The summed E-state index contributed by atoms with van der Waals surface area (Å²) in [6.45, 7) is 1.68. The first kappa shape index (κ1) is 17.9. The fourth-order valence-corrected chi connectivity index (χ4v) is 2.78. The van der Waals surface area contributed by atoms with Crippen LogP contribution < -0.4 is 0 Å². The Morgan fingerprint density at radius 1 is 0.800 bits per heavy atom. The van der Waals surface area contributed by atoms with E-state index >= 15 is 0 Å². The molecule has 132 valence electrons. The number of rotatable bonds is 5. The van der Waals surface area contributed by atoms with Gasteiger partial charge in [0.05, 0.1) is 0 Å². The quantitative estimate of drug-likeness (QED) is 0.481. The van der Waals surface area contributed by atoms with Crippen molar-refractivity contribution in [1.29, 1.82) is 0 Å². The van der Waals surface area contributed by atoms with Crippen molar-refractivity contribution in [2.75, 3.05) is 0 Å². The number of aromatic hydroxyl groups is 4. The van der Waals surface area contributed by atoms with Crippen LogP contribution in [0.1, 0.15) is 51.1 Å². The second-order valence-corrected chi connectivity index (χ2v) is 5.37. The van der Waals surface area contributed by atoms with Crippen molar-refractivity contribution < 1.29 is 40.2 Å². The van der Waals surface area contributed by atoms with E-state index < -0.39 is 52.0 Å². The first-order valence-corrected chi connectivity index (χ1v) is 7.26. The molecule has 0 atom stereocenters. The molecule has 25 heavy (non-hydrogen) atoms. The number of aromatic carboxylic acids is 2. The number of hydrogen-bond donors (Lipinski definition) is 6. The molecule has 0 radical (unpaired) electrons. The van der Waals surface area contributed by atoms with Crippen molar-refractivity contribution in [3.63, 3.8) is 0 Å². The Hall–Kier alpha value is -3.42. The smallest absolute Gasteiger partial charge is 0.343 e. The molecule has 0 fully saturated rings. The van der Waals surface area contributed by atoms with Gasteiger partial charge in [0.15, 0.2) is 0 Å². The second kappa shape index (κ2) is 6.60. The predicted molar refractivity (Wildman–Crippen MR) is 85.6 cm³/mol. The summed E-state index contributed by atoms with van der Waals surface area (Å²) in [6, 6.07) is 4.77. The molecule has 0 aliphatic heterocycles. The van der Waals surface area contributed by atoms with E-state index in [0.717, 1.165) is 12.1 Å². The predicted octanol–water partition coefficient (Wildman–Crippen LogP) is 2.45. The van der Waals surface area contributed by atoms with Crippen molar-refractivity contribution in [2.45, 2.75) is 19.3 Å². The van der Waals surface area contributed by atoms with Crippen LogP contribution in [0.2, 0.25) is 0 Å². The van der Waals surface area contributed by atoms with E-state index in [2.05, 4.69) is 0 Å². The minimum Gasteiger partial charge on any atom is -0.507 e. The number of carboxylic acid groups (broad SMARTS) is 2. The van der Waals surface area contributed by atoms with Crippen molar-refractivity contribution in [3.8, 4) is 23.0 Å². The van der Waals surface area contributed by atoms with Crippen molar-refractivity contribution >= 4 is 11.9 Å². The fourth-order valence-electron chi connectivity index (χ4n) is 2.78.